The van der Waals surface area contributed by atoms with E-state index in [4.69, 9.17) is 9.84 Å². The van der Waals surface area contributed by atoms with Crippen molar-refractivity contribution >= 4 is 17.7 Å². The van der Waals surface area contributed by atoms with Gasteiger partial charge in [0.1, 0.15) is 0 Å². The van der Waals surface area contributed by atoms with E-state index in [0.717, 1.165) is 0 Å². The van der Waals surface area contributed by atoms with Crippen molar-refractivity contribution < 1.29 is 19.6 Å². The number of nitrogens with one attached hydrogen (secondary N) is 1. The van der Waals surface area contributed by atoms with Crippen LogP contribution in [0, 0.1) is 10.1 Å². The first kappa shape index (κ1) is 15.8. The zero-order valence-corrected chi connectivity index (χ0v) is 10.8. The number of hydrogen-bond donors (Lipinski definition) is 2. The van der Waals surface area contributed by atoms with Crippen LogP contribution in [-0.2, 0) is 9.53 Å². The van der Waals surface area contributed by atoms with Gasteiger partial charge >= 0.3 is 0 Å². The molecule has 1 aromatic carbocycles. The Bertz CT molecular complexity index is 470. The van der Waals surface area contributed by atoms with Crippen LogP contribution < -0.4 is 5.32 Å². The van der Waals surface area contributed by atoms with E-state index >= 15 is 0 Å². The highest BCUT2D eigenvalue weighted by Crippen LogP contribution is 2.12. The van der Waals surface area contributed by atoms with Crippen molar-refractivity contribution in [3.8, 4) is 0 Å². The lowest BCUT2D eigenvalue weighted by Gasteiger charge is -2.02. The molecule has 2 N–H and O–H groups in total. The molecule has 0 aromatic heterocycles. The lowest BCUT2D eigenvalue weighted by Crippen LogP contribution is -2.25. The highest BCUT2D eigenvalue weighted by Gasteiger charge is 2.02. The molecular formula is C13H16N2O5. The summed E-state index contributed by atoms with van der Waals surface area (Å²) in [5.41, 5.74) is 0.704. The molecule has 1 aromatic rings. The van der Waals surface area contributed by atoms with Crippen molar-refractivity contribution in [2.45, 2.75) is 0 Å². The summed E-state index contributed by atoms with van der Waals surface area (Å²) in [4.78, 5) is 21.4. The van der Waals surface area contributed by atoms with E-state index in [1.54, 1.807) is 18.2 Å². The number of benzene rings is 1. The van der Waals surface area contributed by atoms with Crippen LogP contribution in [0.5, 0.6) is 0 Å². The number of aliphatic hydroxyl groups excluding tert-OH is 1. The van der Waals surface area contributed by atoms with Gasteiger partial charge in [0.2, 0.25) is 5.91 Å². The summed E-state index contributed by atoms with van der Waals surface area (Å²) < 4.78 is 4.98. The lowest BCUT2D eigenvalue weighted by atomic mass is 10.2. The Balaban J connectivity index is 2.35. The number of carbonyl (C=O) groups is 1. The fourth-order valence-electron chi connectivity index (χ4n) is 1.35. The lowest BCUT2D eigenvalue weighted by molar-refractivity contribution is -0.384. The van der Waals surface area contributed by atoms with Crippen LogP contribution in [0.4, 0.5) is 5.69 Å². The van der Waals surface area contributed by atoms with E-state index in [1.165, 1.54) is 18.2 Å². The predicted molar refractivity (Wildman–Crippen MR) is 73.0 cm³/mol. The molecule has 20 heavy (non-hydrogen) atoms. The first-order valence-electron chi connectivity index (χ1n) is 6.02. The fourth-order valence-corrected chi connectivity index (χ4v) is 1.35. The van der Waals surface area contributed by atoms with Gasteiger partial charge in [-0.1, -0.05) is 0 Å². The van der Waals surface area contributed by atoms with Crippen LogP contribution in [0.2, 0.25) is 0 Å². The van der Waals surface area contributed by atoms with Crippen LogP contribution in [0.25, 0.3) is 6.08 Å². The number of nitro benzene ring substituents is 1. The van der Waals surface area contributed by atoms with Crippen molar-refractivity contribution in [3.05, 3.63) is 46.0 Å². The Kier molecular flexibility index (Phi) is 6.94. The number of ether oxygens (including phenoxy) is 1. The molecule has 1 amide bonds. The molecule has 108 valence electrons. The van der Waals surface area contributed by atoms with Crippen LogP contribution >= 0.6 is 0 Å². The first-order valence-corrected chi connectivity index (χ1v) is 6.02. The SMILES string of the molecule is O=C(/C=C/c1ccc([N+](=O)[O-])cc1)NCCOCCO. The number of nitro groups is 1. The van der Waals surface area contributed by atoms with Crippen LogP contribution in [-0.4, -0.2) is 42.3 Å². The van der Waals surface area contributed by atoms with Gasteiger partial charge in [-0.3, -0.25) is 14.9 Å². The van der Waals surface area contributed by atoms with E-state index < -0.39 is 4.92 Å². The van der Waals surface area contributed by atoms with Gasteiger partial charge in [-0.2, -0.15) is 0 Å². The fraction of sp³-hybridized carbons (Fsp3) is 0.308. The smallest absolute Gasteiger partial charge is 0.269 e. The molecule has 0 heterocycles. The number of non-ortho nitro benzene ring substituents is 1. The van der Waals surface area contributed by atoms with Crippen molar-refractivity contribution in [2.24, 2.45) is 0 Å². The Hall–Kier alpha value is -2.25. The first-order chi connectivity index (χ1) is 9.63. The number of carbonyl (C=O) groups excluding carboxylic acids is 1. The predicted octanol–water partition coefficient (Wildman–Crippen LogP) is 0.733. The number of nitrogens with zero attached hydrogens (tertiary/aromatic N) is 1. The molecule has 7 nitrogen and oxygen atoms in total. The minimum absolute atomic E-state index is 0.00707. The molecule has 0 unspecified atom stereocenters. The molecule has 0 bridgehead atoms. The van der Waals surface area contributed by atoms with Crippen molar-refractivity contribution in [3.63, 3.8) is 0 Å². The molecule has 0 radical (unpaired) electrons. The Labute approximate surface area is 116 Å². The summed E-state index contributed by atoms with van der Waals surface area (Å²) in [7, 11) is 0. The largest absolute Gasteiger partial charge is 0.394 e. The quantitative estimate of drug-likeness (QED) is 0.316. The third-order valence-corrected chi connectivity index (χ3v) is 2.31. The maximum atomic E-state index is 11.4. The third-order valence-electron chi connectivity index (χ3n) is 2.31. The second-order valence-corrected chi connectivity index (χ2v) is 3.81. The van der Waals surface area contributed by atoms with Gasteiger partial charge in [0, 0.05) is 24.8 Å². The molecule has 7 heteroatoms. The van der Waals surface area contributed by atoms with Gasteiger partial charge in [0.25, 0.3) is 5.69 Å². The number of rotatable bonds is 8. The van der Waals surface area contributed by atoms with Gasteiger partial charge in [0.05, 0.1) is 24.7 Å². The van der Waals surface area contributed by atoms with E-state index in [-0.39, 0.29) is 24.8 Å². The average molecular weight is 280 g/mol. The van der Waals surface area contributed by atoms with Gasteiger partial charge < -0.3 is 15.2 Å². The van der Waals surface area contributed by atoms with E-state index in [1.807, 2.05) is 0 Å². The second-order valence-electron chi connectivity index (χ2n) is 3.81. The van der Waals surface area contributed by atoms with Crippen molar-refractivity contribution in [2.75, 3.05) is 26.4 Å². The zero-order chi connectivity index (χ0) is 14.8. The highest BCUT2D eigenvalue weighted by atomic mass is 16.6. The van der Waals surface area contributed by atoms with E-state index in [2.05, 4.69) is 5.32 Å². The Morgan fingerprint density at radius 2 is 2.05 bits per heavy atom. The summed E-state index contributed by atoms with van der Waals surface area (Å²) in [5.74, 6) is -0.282. The van der Waals surface area contributed by atoms with Gasteiger partial charge in [-0.25, -0.2) is 0 Å². The Morgan fingerprint density at radius 3 is 2.65 bits per heavy atom. The molecule has 0 saturated carbocycles. The standard InChI is InChI=1S/C13H16N2O5/c16-8-10-20-9-7-14-13(17)6-3-11-1-4-12(5-2-11)15(18)19/h1-6,16H,7-10H2,(H,14,17)/b6-3+. The van der Waals surface area contributed by atoms with Gasteiger partial charge in [-0.15, -0.1) is 0 Å². The summed E-state index contributed by atoms with van der Waals surface area (Å²) >= 11 is 0. The van der Waals surface area contributed by atoms with Crippen molar-refractivity contribution in [1.29, 1.82) is 0 Å². The molecule has 0 fully saturated rings. The molecule has 0 aliphatic rings. The van der Waals surface area contributed by atoms with Crippen molar-refractivity contribution in [1.82, 2.24) is 5.32 Å². The normalized spacial score (nSPS) is 10.7. The average Bonchev–Trinajstić information content (AvgIpc) is 2.45. The topological polar surface area (TPSA) is 102 Å². The summed E-state index contributed by atoms with van der Waals surface area (Å²) in [6, 6.07) is 5.87. The number of amides is 1. The van der Waals surface area contributed by atoms with Gasteiger partial charge in [0.15, 0.2) is 0 Å². The highest BCUT2D eigenvalue weighted by molar-refractivity contribution is 5.91. The summed E-state index contributed by atoms with van der Waals surface area (Å²) in [5, 5.41) is 21.5. The monoisotopic (exact) mass is 280 g/mol. The maximum Gasteiger partial charge on any atom is 0.269 e. The molecule has 0 aliphatic heterocycles. The molecule has 0 spiro atoms. The van der Waals surface area contributed by atoms with Crippen LogP contribution in [0.15, 0.2) is 30.3 Å². The molecule has 0 saturated heterocycles. The van der Waals surface area contributed by atoms with Gasteiger partial charge in [-0.05, 0) is 23.8 Å². The molecule has 0 aliphatic carbocycles. The molecule has 0 atom stereocenters. The van der Waals surface area contributed by atoms with Crippen LogP contribution in [0.1, 0.15) is 5.56 Å². The summed E-state index contributed by atoms with van der Waals surface area (Å²) in [6.45, 7) is 0.879. The zero-order valence-electron chi connectivity index (χ0n) is 10.8. The van der Waals surface area contributed by atoms with Crippen LogP contribution in [0.3, 0.4) is 0 Å². The molecular weight excluding hydrogens is 264 g/mol. The Morgan fingerprint density at radius 1 is 1.35 bits per heavy atom. The minimum Gasteiger partial charge on any atom is -0.394 e. The number of aliphatic hydroxyl groups is 1. The van der Waals surface area contributed by atoms with E-state index in [9.17, 15) is 14.9 Å². The molecule has 1 rings (SSSR count). The minimum atomic E-state index is -0.480. The van der Waals surface area contributed by atoms with E-state index in [0.29, 0.717) is 18.7 Å². The maximum absolute atomic E-state index is 11.4. The summed E-state index contributed by atoms with van der Waals surface area (Å²) in [6.07, 6.45) is 2.90. The third kappa shape index (κ3) is 6.07. The second kappa shape index (κ2) is 8.78. The number of hydrogen-bond acceptors (Lipinski definition) is 5.